The first-order chi connectivity index (χ1) is 14.1. The minimum atomic E-state index is -1.13. The van der Waals surface area contributed by atoms with E-state index in [4.69, 9.17) is 21.1 Å². The van der Waals surface area contributed by atoms with Gasteiger partial charge in [-0.3, -0.25) is 4.79 Å². The summed E-state index contributed by atoms with van der Waals surface area (Å²) in [7, 11) is 0. The molecule has 5 nitrogen and oxygen atoms in total. The lowest BCUT2D eigenvalue weighted by Gasteiger charge is -2.19. The molecule has 6 heteroatoms. The lowest BCUT2D eigenvalue weighted by atomic mass is 10.1. The first-order valence-electron chi connectivity index (χ1n) is 9.12. The maximum atomic E-state index is 13.0. The van der Waals surface area contributed by atoms with Crippen molar-refractivity contribution < 1.29 is 19.1 Å². The number of nitrogens with one attached hydrogen (secondary N) is 1. The second-order valence-electron chi connectivity index (χ2n) is 6.12. The van der Waals surface area contributed by atoms with Crippen molar-refractivity contribution >= 4 is 29.2 Å². The average Bonchev–Trinajstić information content (AvgIpc) is 2.74. The molecule has 0 radical (unpaired) electrons. The number of halogens is 1. The summed E-state index contributed by atoms with van der Waals surface area (Å²) >= 11 is 5.87. The van der Waals surface area contributed by atoms with Crippen LogP contribution in [-0.2, 0) is 9.53 Å². The highest BCUT2D eigenvalue weighted by molar-refractivity contribution is 6.30. The Hall–Kier alpha value is -3.31. The van der Waals surface area contributed by atoms with Crippen molar-refractivity contribution in [1.29, 1.82) is 0 Å². The molecule has 29 heavy (non-hydrogen) atoms. The van der Waals surface area contributed by atoms with Gasteiger partial charge in [0.25, 0.3) is 5.91 Å². The highest BCUT2D eigenvalue weighted by Crippen LogP contribution is 2.27. The molecule has 148 valence electrons. The second kappa shape index (κ2) is 9.75. The highest BCUT2D eigenvalue weighted by atomic mass is 35.5. The molecule has 0 aliphatic carbocycles. The van der Waals surface area contributed by atoms with E-state index in [0.29, 0.717) is 34.2 Å². The maximum absolute atomic E-state index is 13.0. The van der Waals surface area contributed by atoms with Crippen LogP contribution in [0, 0.1) is 0 Å². The van der Waals surface area contributed by atoms with E-state index in [1.165, 1.54) is 0 Å². The minimum Gasteiger partial charge on any atom is -0.492 e. The van der Waals surface area contributed by atoms with E-state index in [2.05, 4.69) is 5.32 Å². The third-order valence-electron chi connectivity index (χ3n) is 4.09. The number of amides is 1. The molecule has 0 saturated carbocycles. The Morgan fingerprint density at radius 2 is 1.59 bits per heavy atom. The SMILES string of the molecule is CCOc1ccccc1NC(=O)[C@H](OC(=O)c1ccc(Cl)cc1)c1ccccc1. The van der Waals surface area contributed by atoms with Crippen LogP contribution in [0.4, 0.5) is 5.69 Å². The van der Waals surface area contributed by atoms with Gasteiger partial charge in [-0.05, 0) is 43.3 Å². The predicted octanol–water partition coefficient (Wildman–Crippen LogP) is 5.28. The maximum Gasteiger partial charge on any atom is 0.339 e. The number of hydrogen-bond acceptors (Lipinski definition) is 4. The summed E-state index contributed by atoms with van der Waals surface area (Å²) in [6, 6.07) is 22.2. The van der Waals surface area contributed by atoms with Crippen molar-refractivity contribution in [2.45, 2.75) is 13.0 Å². The fraction of sp³-hybridized carbons (Fsp3) is 0.130. The molecule has 0 saturated heterocycles. The van der Waals surface area contributed by atoms with Crippen molar-refractivity contribution in [2.75, 3.05) is 11.9 Å². The predicted molar refractivity (Wildman–Crippen MR) is 112 cm³/mol. The van der Waals surface area contributed by atoms with Gasteiger partial charge < -0.3 is 14.8 Å². The summed E-state index contributed by atoms with van der Waals surface area (Å²) < 4.78 is 11.1. The molecule has 0 heterocycles. The Bertz CT molecular complexity index is 974. The molecule has 3 rings (SSSR count). The Kier molecular flexibility index (Phi) is 6.87. The van der Waals surface area contributed by atoms with E-state index in [1.807, 2.05) is 19.1 Å². The lowest BCUT2D eigenvalue weighted by Crippen LogP contribution is -2.26. The van der Waals surface area contributed by atoms with Crippen LogP contribution in [0.15, 0.2) is 78.9 Å². The van der Waals surface area contributed by atoms with E-state index in [9.17, 15) is 9.59 Å². The van der Waals surface area contributed by atoms with E-state index in [0.717, 1.165) is 0 Å². The topological polar surface area (TPSA) is 64.6 Å². The number of benzene rings is 3. The van der Waals surface area contributed by atoms with Crippen molar-refractivity contribution in [2.24, 2.45) is 0 Å². The zero-order valence-electron chi connectivity index (χ0n) is 15.8. The van der Waals surface area contributed by atoms with Crippen molar-refractivity contribution in [1.82, 2.24) is 0 Å². The quantitative estimate of drug-likeness (QED) is 0.539. The van der Waals surface area contributed by atoms with E-state index >= 15 is 0 Å². The summed E-state index contributed by atoms with van der Waals surface area (Å²) in [4.78, 5) is 25.6. The molecule has 1 amide bonds. The molecule has 1 atom stereocenters. The zero-order chi connectivity index (χ0) is 20.6. The van der Waals surface area contributed by atoms with Crippen LogP contribution in [0.5, 0.6) is 5.75 Å². The smallest absolute Gasteiger partial charge is 0.339 e. The van der Waals surface area contributed by atoms with E-state index in [1.54, 1.807) is 66.7 Å². The van der Waals surface area contributed by atoms with Gasteiger partial charge in [0.2, 0.25) is 6.10 Å². The van der Waals surface area contributed by atoms with Crippen LogP contribution in [-0.4, -0.2) is 18.5 Å². The standard InChI is InChI=1S/C23H20ClNO4/c1-2-28-20-11-7-6-10-19(20)25-22(26)21(16-8-4-3-5-9-16)29-23(27)17-12-14-18(24)15-13-17/h3-15,21H,2H2,1H3,(H,25,26)/t21-/m1/s1. The summed E-state index contributed by atoms with van der Waals surface area (Å²) in [5, 5.41) is 3.30. The lowest BCUT2D eigenvalue weighted by molar-refractivity contribution is -0.125. The molecule has 3 aromatic rings. The number of ether oxygens (including phenoxy) is 2. The highest BCUT2D eigenvalue weighted by Gasteiger charge is 2.26. The molecule has 0 bridgehead atoms. The number of carbonyl (C=O) groups is 2. The number of esters is 1. The van der Waals surface area contributed by atoms with Crippen molar-refractivity contribution in [3.05, 3.63) is 95.0 Å². The molecule has 0 aromatic heterocycles. The third kappa shape index (κ3) is 5.36. The van der Waals surface area contributed by atoms with Gasteiger partial charge in [-0.25, -0.2) is 4.79 Å². The normalized spacial score (nSPS) is 11.4. The van der Waals surface area contributed by atoms with Crippen LogP contribution in [0.2, 0.25) is 5.02 Å². The van der Waals surface area contributed by atoms with Crippen molar-refractivity contribution in [3.8, 4) is 5.75 Å². The van der Waals surface area contributed by atoms with Gasteiger partial charge in [-0.15, -0.1) is 0 Å². The molecule has 0 unspecified atom stereocenters. The van der Waals surface area contributed by atoms with Crippen LogP contribution in [0.3, 0.4) is 0 Å². The summed E-state index contributed by atoms with van der Waals surface area (Å²) in [5.74, 6) is -0.561. The van der Waals surface area contributed by atoms with E-state index < -0.39 is 18.0 Å². The minimum absolute atomic E-state index is 0.304. The molecule has 1 N–H and O–H groups in total. The van der Waals surface area contributed by atoms with Crippen LogP contribution < -0.4 is 10.1 Å². The Morgan fingerprint density at radius 3 is 2.28 bits per heavy atom. The molecular formula is C23H20ClNO4. The number of hydrogen-bond donors (Lipinski definition) is 1. The molecule has 3 aromatic carbocycles. The summed E-state index contributed by atoms with van der Waals surface area (Å²) in [6.07, 6.45) is -1.13. The fourth-order valence-corrected chi connectivity index (χ4v) is 2.84. The van der Waals surface area contributed by atoms with Gasteiger partial charge in [-0.2, -0.15) is 0 Å². The van der Waals surface area contributed by atoms with Gasteiger partial charge in [-0.1, -0.05) is 54.1 Å². The van der Waals surface area contributed by atoms with Gasteiger partial charge in [0.05, 0.1) is 17.9 Å². The monoisotopic (exact) mass is 409 g/mol. The Labute approximate surface area is 174 Å². The summed E-state index contributed by atoms with van der Waals surface area (Å²) in [6.45, 7) is 2.32. The van der Waals surface area contributed by atoms with E-state index in [-0.39, 0.29) is 0 Å². The zero-order valence-corrected chi connectivity index (χ0v) is 16.6. The van der Waals surface area contributed by atoms with Gasteiger partial charge >= 0.3 is 5.97 Å². The van der Waals surface area contributed by atoms with Crippen LogP contribution in [0.1, 0.15) is 28.9 Å². The van der Waals surface area contributed by atoms with Crippen LogP contribution >= 0.6 is 11.6 Å². The van der Waals surface area contributed by atoms with Crippen molar-refractivity contribution in [3.63, 3.8) is 0 Å². The van der Waals surface area contributed by atoms with Crippen LogP contribution in [0.25, 0.3) is 0 Å². The first-order valence-corrected chi connectivity index (χ1v) is 9.50. The van der Waals surface area contributed by atoms with Gasteiger partial charge in [0.1, 0.15) is 5.75 Å². The first kappa shape index (κ1) is 20.4. The Balaban J connectivity index is 1.85. The largest absolute Gasteiger partial charge is 0.492 e. The second-order valence-corrected chi connectivity index (χ2v) is 6.56. The number of para-hydroxylation sites is 2. The summed E-state index contributed by atoms with van der Waals surface area (Å²) in [5.41, 5.74) is 1.36. The fourth-order valence-electron chi connectivity index (χ4n) is 2.71. The third-order valence-corrected chi connectivity index (χ3v) is 4.34. The number of carbonyl (C=O) groups excluding carboxylic acids is 2. The molecular weight excluding hydrogens is 390 g/mol. The molecule has 0 aliphatic heterocycles. The molecule has 0 fully saturated rings. The number of rotatable bonds is 7. The molecule has 0 aliphatic rings. The Morgan fingerprint density at radius 1 is 0.931 bits per heavy atom. The molecule has 0 spiro atoms. The number of anilines is 1. The van der Waals surface area contributed by atoms with Gasteiger partial charge in [0, 0.05) is 10.6 Å². The average molecular weight is 410 g/mol. The van der Waals surface area contributed by atoms with Gasteiger partial charge in [0.15, 0.2) is 0 Å².